The van der Waals surface area contributed by atoms with E-state index in [0.717, 1.165) is 11.4 Å². The zero-order chi connectivity index (χ0) is 21.3. The molecule has 0 fully saturated rings. The molecule has 0 atom stereocenters. The molecule has 0 unspecified atom stereocenters. The van der Waals surface area contributed by atoms with E-state index in [1.54, 1.807) is 20.0 Å². The minimum atomic E-state index is -0.752. The summed E-state index contributed by atoms with van der Waals surface area (Å²) in [5.74, 6) is -0.248. The molecule has 3 aromatic rings. The second kappa shape index (κ2) is 10.2. The monoisotopic (exact) mass is 409 g/mol. The highest BCUT2D eigenvalue weighted by Gasteiger charge is 2.24. The van der Waals surface area contributed by atoms with Crippen LogP contribution in [-0.4, -0.2) is 49.9 Å². The van der Waals surface area contributed by atoms with Crippen LogP contribution in [-0.2, 0) is 22.4 Å². The molecule has 0 aliphatic heterocycles. The van der Waals surface area contributed by atoms with Gasteiger partial charge in [0, 0.05) is 30.9 Å². The number of hydrogen-bond donors (Lipinski definition) is 0. The second-order valence-corrected chi connectivity index (χ2v) is 6.28. The number of hydrogen-bond acceptors (Lipinski definition) is 8. The van der Waals surface area contributed by atoms with Crippen molar-refractivity contribution >= 4 is 11.9 Å². The van der Waals surface area contributed by atoms with Gasteiger partial charge >= 0.3 is 11.9 Å². The molecular formula is C21H23N5O4. The number of esters is 2. The third-order valence-corrected chi connectivity index (χ3v) is 4.22. The number of carbonyl (C=O) groups excluding carboxylic acids is 2. The topological polar surface area (TPSA) is 109 Å². The molecule has 156 valence electrons. The molecule has 0 amide bonds. The van der Waals surface area contributed by atoms with E-state index in [0.29, 0.717) is 25.2 Å². The van der Waals surface area contributed by atoms with Crippen LogP contribution < -0.4 is 0 Å². The van der Waals surface area contributed by atoms with Gasteiger partial charge < -0.3 is 14.0 Å². The number of aromatic nitrogens is 5. The van der Waals surface area contributed by atoms with Crippen LogP contribution in [0.3, 0.4) is 0 Å². The molecule has 2 heterocycles. The summed E-state index contributed by atoms with van der Waals surface area (Å²) in [6, 6.07) is 9.91. The fourth-order valence-electron chi connectivity index (χ4n) is 2.89. The minimum Gasteiger partial charge on any atom is -0.461 e. The Labute approximate surface area is 174 Å². The van der Waals surface area contributed by atoms with Crippen molar-refractivity contribution in [2.45, 2.75) is 33.2 Å². The Morgan fingerprint density at radius 2 is 1.67 bits per heavy atom. The van der Waals surface area contributed by atoms with E-state index in [-0.39, 0.29) is 24.6 Å². The van der Waals surface area contributed by atoms with Gasteiger partial charge in [0.15, 0.2) is 11.5 Å². The number of imidazole rings is 1. The summed E-state index contributed by atoms with van der Waals surface area (Å²) in [5.41, 5.74) is 0.622. The summed E-state index contributed by atoms with van der Waals surface area (Å²) in [5, 5.41) is 7.86. The Kier molecular flexibility index (Phi) is 7.20. The third-order valence-electron chi connectivity index (χ3n) is 4.22. The van der Waals surface area contributed by atoms with E-state index in [2.05, 4.69) is 20.2 Å². The van der Waals surface area contributed by atoms with Gasteiger partial charge in [0.2, 0.25) is 5.69 Å². The minimum absolute atomic E-state index is 0.152. The smallest absolute Gasteiger partial charge is 0.361 e. The molecule has 30 heavy (non-hydrogen) atoms. The average Bonchev–Trinajstić information content (AvgIpc) is 3.23. The predicted molar refractivity (Wildman–Crippen MR) is 108 cm³/mol. The predicted octanol–water partition coefficient (Wildman–Crippen LogP) is 2.72. The highest BCUT2D eigenvalue weighted by atomic mass is 16.5. The first-order valence-corrected chi connectivity index (χ1v) is 9.78. The SMILES string of the molecule is CCOC(=O)c1nnc(CCCn2ccnc2-c2ccccc2)nc1C(=O)OCC. The van der Waals surface area contributed by atoms with Crippen LogP contribution in [0.15, 0.2) is 42.7 Å². The Balaban J connectivity index is 1.72. The van der Waals surface area contributed by atoms with E-state index in [1.165, 1.54) is 0 Å². The molecule has 9 heteroatoms. The van der Waals surface area contributed by atoms with Gasteiger partial charge in [-0.2, -0.15) is 0 Å². The summed E-state index contributed by atoms with van der Waals surface area (Å²) in [6.07, 6.45) is 4.83. The van der Waals surface area contributed by atoms with Crippen LogP contribution in [0.1, 0.15) is 47.1 Å². The lowest BCUT2D eigenvalue weighted by molar-refractivity contribution is 0.0465. The van der Waals surface area contributed by atoms with Crippen molar-refractivity contribution in [3.8, 4) is 11.4 Å². The van der Waals surface area contributed by atoms with E-state index in [4.69, 9.17) is 9.47 Å². The van der Waals surface area contributed by atoms with Crippen LogP contribution in [0.25, 0.3) is 11.4 Å². The molecule has 3 rings (SSSR count). The van der Waals surface area contributed by atoms with Crippen molar-refractivity contribution in [2.24, 2.45) is 0 Å². The number of carbonyl (C=O) groups is 2. The molecule has 9 nitrogen and oxygen atoms in total. The lowest BCUT2D eigenvalue weighted by Gasteiger charge is -2.09. The number of benzene rings is 1. The van der Waals surface area contributed by atoms with E-state index in [9.17, 15) is 9.59 Å². The first kappa shape index (κ1) is 21.1. The molecule has 2 aromatic heterocycles. The molecule has 0 spiro atoms. The number of nitrogens with zero attached hydrogens (tertiary/aromatic N) is 5. The molecular weight excluding hydrogens is 386 g/mol. The highest BCUT2D eigenvalue weighted by molar-refractivity contribution is 6.00. The van der Waals surface area contributed by atoms with Crippen LogP contribution in [0.4, 0.5) is 0 Å². The van der Waals surface area contributed by atoms with Gasteiger partial charge in [-0.3, -0.25) is 0 Å². The van der Waals surface area contributed by atoms with Gasteiger partial charge in [0.25, 0.3) is 0 Å². The standard InChI is InChI=1S/C21H23N5O4/c1-3-29-20(27)17-18(21(28)30-4-2)25-24-16(23-17)11-8-13-26-14-12-22-19(26)15-9-6-5-7-10-15/h5-7,9-10,12,14H,3-4,8,11,13H2,1-2H3. The fraction of sp³-hybridized carbons (Fsp3) is 0.333. The largest absolute Gasteiger partial charge is 0.461 e. The van der Waals surface area contributed by atoms with E-state index < -0.39 is 11.9 Å². The van der Waals surface area contributed by atoms with Crippen LogP contribution >= 0.6 is 0 Å². The van der Waals surface area contributed by atoms with Gasteiger partial charge in [-0.15, -0.1) is 10.2 Å². The number of ether oxygens (including phenoxy) is 2. The molecule has 0 aliphatic rings. The van der Waals surface area contributed by atoms with E-state index >= 15 is 0 Å². The van der Waals surface area contributed by atoms with Gasteiger partial charge in [-0.05, 0) is 20.3 Å². The Morgan fingerprint density at radius 1 is 0.967 bits per heavy atom. The molecule has 0 saturated heterocycles. The van der Waals surface area contributed by atoms with Gasteiger partial charge in [0.1, 0.15) is 5.82 Å². The molecule has 0 aliphatic carbocycles. The molecule has 0 saturated carbocycles. The third kappa shape index (κ3) is 5.05. The van der Waals surface area contributed by atoms with Crippen molar-refractivity contribution in [1.82, 2.24) is 24.7 Å². The summed E-state index contributed by atoms with van der Waals surface area (Å²) in [7, 11) is 0. The van der Waals surface area contributed by atoms with Crippen molar-refractivity contribution in [3.05, 3.63) is 59.9 Å². The lowest BCUT2D eigenvalue weighted by Crippen LogP contribution is -2.20. The zero-order valence-corrected chi connectivity index (χ0v) is 16.9. The van der Waals surface area contributed by atoms with Crippen molar-refractivity contribution < 1.29 is 19.1 Å². The maximum Gasteiger partial charge on any atom is 0.361 e. The second-order valence-electron chi connectivity index (χ2n) is 6.28. The first-order valence-electron chi connectivity index (χ1n) is 9.78. The summed E-state index contributed by atoms with van der Waals surface area (Å²) < 4.78 is 12.0. The van der Waals surface area contributed by atoms with Crippen LogP contribution in [0.5, 0.6) is 0 Å². The average molecular weight is 409 g/mol. The van der Waals surface area contributed by atoms with Gasteiger partial charge in [-0.1, -0.05) is 30.3 Å². The maximum absolute atomic E-state index is 12.2. The number of rotatable bonds is 9. The molecule has 0 N–H and O–H groups in total. The molecule has 1 aromatic carbocycles. The fourth-order valence-corrected chi connectivity index (χ4v) is 2.89. The van der Waals surface area contributed by atoms with Crippen molar-refractivity contribution in [1.29, 1.82) is 0 Å². The zero-order valence-electron chi connectivity index (χ0n) is 16.9. The van der Waals surface area contributed by atoms with Crippen molar-refractivity contribution in [3.63, 3.8) is 0 Å². The van der Waals surface area contributed by atoms with Gasteiger partial charge in [0.05, 0.1) is 13.2 Å². The maximum atomic E-state index is 12.2. The summed E-state index contributed by atoms with van der Waals surface area (Å²) in [4.78, 5) is 32.9. The first-order chi connectivity index (χ1) is 14.6. The van der Waals surface area contributed by atoms with E-state index in [1.807, 2.05) is 41.1 Å². The molecule has 0 radical (unpaired) electrons. The Morgan fingerprint density at radius 3 is 2.37 bits per heavy atom. The summed E-state index contributed by atoms with van der Waals surface area (Å²) >= 11 is 0. The Hall–Kier alpha value is -3.62. The quantitative estimate of drug-likeness (QED) is 0.496. The van der Waals surface area contributed by atoms with Crippen LogP contribution in [0, 0.1) is 0 Å². The van der Waals surface area contributed by atoms with Crippen molar-refractivity contribution in [2.75, 3.05) is 13.2 Å². The lowest BCUT2D eigenvalue weighted by atomic mass is 10.2. The van der Waals surface area contributed by atoms with Crippen LogP contribution in [0.2, 0.25) is 0 Å². The number of aryl methyl sites for hydroxylation is 2. The normalized spacial score (nSPS) is 10.6. The molecule has 0 bridgehead atoms. The summed E-state index contributed by atoms with van der Waals surface area (Å²) in [6.45, 7) is 4.33. The highest BCUT2D eigenvalue weighted by Crippen LogP contribution is 2.17. The Bertz CT molecular complexity index is 1000. The van der Waals surface area contributed by atoms with Gasteiger partial charge in [-0.25, -0.2) is 19.6 Å².